The van der Waals surface area contributed by atoms with Gasteiger partial charge in [-0.25, -0.2) is 9.98 Å². The second-order valence-corrected chi connectivity index (χ2v) is 8.28. The van der Waals surface area contributed by atoms with Crippen molar-refractivity contribution in [3.8, 4) is 0 Å². The van der Waals surface area contributed by atoms with Crippen LogP contribution in [0.25, 0.3) is 0 Å². The van der Waals surface area contributed by atoms with E-state index in [1.807, 2.05) is 19.9 Å². The second-order valence-electron chi connectivity index (χ2n) is 7.33. The highest BCUT2D eigenvalue weighted by Gasteiger charge is 2.35. The largest absolute Gasteiger partial charge is 0.348 e. The topological polar surface area (TPSA) is 62.5 Å². The summed E-state index contributed by atoms with van der Waals surface area (Å²) in [4.78, 5) is 23.7. The minimum Gasteiger partial charge on any atom is -0.348 e. The van der Waals surface area contributed by atoms with Gasteiger partial charge in [0.05, 0.1) is 5.69 Å². The van der Waals surface area contributed by atoms with E-state index in [4.69, 9.17) is 4.98 Å². The van der Waals surface area contributed by atoms with Crippen molar-refractivity contribution >= 4 is 27.3 Å². The number of hydrogen-bond donors (Lipinski definition) is 1. The van der Waals surface area contributed by atoms with E-state index in [0.717, 1.165) is 15.8 Å². The van der Waals surface area contributed by atoms with Crippen LogP contribution >= 0.6 is 11.3 Å². The first kappa shape index (κ1) is 17.4. The fourth-order valence-corrected chi connectivity index (χ4v) is 5.04. The molecule has 0 amide bonds. The number of aromatic nitrogens is 2. The van der Waals surface area contributed by atoms with Crippen LogP contribution < -0.4 is 15.8 Å². The standard InChI is InChI=1S/C19H25N5OS/c1-12-18(21-13(2)24-9-5-4-6-17(24)25)26-19(20-12)23(3)16-10-14-7-8-15(11-16)22-14/h4-6,9,14-16,22H,7-8,10-11H2,1-3H3/b21-13+/t14-,15+,16?. The van der Waals surface area contributed by atoms with Crippen LogP contribution in [0.4, 0.5) is 10.1 Å². The van der Waals surface area contributed by atoms with Crippen molar-refractivity contribution in [1.29, 1.82) is 0 Å². The van der Waals surface area contributed by atoms with Crippen LogP contribution in [0.2, 0.25) is 0 Å². The molecule has 2 aromatic rings. The summed E-state index contributed by atoms with van der Waals surface area (Å²) in [5, 5.41) is 5.58. The molecule has 1 N–H and O–H groups in total. The second kappa shape index (κ2) is 6.96. The lowest BCUT2D eigenvalue weighted by molar-refractivity contribution is 0.354. The SMILES string of the molecule is C/C(=N\c1sc(N(C)C2C[C@H]3CC[C@@H](C2)N3)nc1C)n1ccccc1=O. The first-order chi connectivity index (χ1) is 12.5. The number of anilines is 1. The lowest BCUT2D eigenvalue weighted by atomic mass is 9.99. The maximum absolute atomic E-state index is 12.0. The molecule has 2 saturated heterocycles. The molecule has 0 radical (unpaired) electrons. The monoisotopic (exact) mass is 371 g/mol. The molecule has 2 fully saturated rings. The van der Waals surface area contributed by atoms with Crippen molar-refractivity contribution in [3.63, 3.8) is 0 Å². The molecule has 0 aromatic carbocycles. The highest BCUT2D eigenvalue weighted by atomic mass is 32.1. The molecule has 3 atom stereocenters. The van der Waals surface area contributed by atoms with Crippen molar-refractivity contribution in [2.45, 2.75) is 57.7 Å². The number of thiazole rings is 1. The van der Waals surface area contributed by atoms with Gasteiger partial charge in [0.2, 0.25) is 0 Å². The molecule has 4 heterocycles. The van der Waals surface area contributed by atoms with Gasteiger partial charge in [-0.1, -0.05) is 17.4 Å². The van der Waals surface area contributed by atoms with E-state index in [1.54, 1.807) is 34.2 Å². The molecule has 2 aliphatic rings. The molecule has 7 heteroatoms. The highest BCUT2D eigenvalue weighted by molar-refractivity contribution is 7.19. The predicted molar refractivity (Wildman–Crippen MR) is 107 cm³/mol. The Balaban J connectivity index is 1.56. The van der Waals surface area contributed by atoms with Gasteiger partial charge in [-0.2, -0.15) is 0 Å². The number of nitrogens with zero attached hydrogens (tertiary/aromatic N) is 4. The average molecular weight is 372 g/mol. The van der Waals surface area contributed by atoms with Gasteiger partial charge in [0.1, 0.15) is 10.8 Å². The Labute approximate surface area is 157 Å². The van der Waals surface area contributed by atoms with Crippen LogP contribution in [-0.4, -0.2) is 40.6 Å². The quantitative estimate of drug-likeness (QED) is 0.666. The van der Waals surface area contributed by atoms with Crippen molar-refractivity contribution in [1.82, 2.24) is 14.9 Å². The molecule has 0 aliphatic carbocycles. The van der Waals surface area contributed by atoms with Crippen LogP contribution in [0.1, 0.15) is 38.3 Å². The molecule has 6 nitrogen and oxygen atoms in total. The first-order valence-corrected chi connectivity index (χ1v) is 10.0. The van der Waals surface area contributed by atoms with Gasteiger partial charge in [0.25, 0.3) is 5.56 Å². The zero-order valence-electron chi connectivity index (χ0n) is 15.5. The van der Waals surface area contributed by atoms with Gasteiger partial charge in [-0.05, 0) is 45.6 Å². The maximum atomic E-state index is 12.0. The van der Waals surface area contributed by atoms with Gasteiger partial charge >= 0.3 is 0 Å². The summed E-state index contributed by atoms with van der Waals surface area (Å²) in [6.45, 7) is 3.84. The number of aryl methyl sites for hydroxylation is 1. The normalized spacial score (nSPS) is 25.5. The summed E-state index contributed by atoms with van der Waals surface area (Å²) >= 11 is 1.60. The molecule has 2 aliphatic heterocycles. The summed E-state index contributed by atoms with van der Waals surface area (Å²) in [7, 11) is 2.15. The van der Waals surface area contributed by atoms with Crippen molar-refractivity contribution in [3.05, 3.63) is 40.4 Å². The fraction of sp³-hybridized carbons (Fsp3) is 0.526. The molecule has 2 aromatic heterocycles. The first-order valence-electron chi connectivity index (χ1n) is 9.21. The molecule has 0 spiro atoms. The zero-order chi connectivity index (χ0) is 18.3. The van der Waals surface area contributed by atoms with Gasteiger partial charge in [0.15, 0.2) is 5.13 Å². The maximum Gasteiger partial charge on any atom is 0.255 e. The molecule has 4 rings (SSSR count). The van der Waals surface area contributed by atoms with E-state index >= 15 is 0 Å². The smallest absolute Gasteiger partial charge is 0.255 e. The van der Waals surface area contributed by atoms with E-state index in [2.05, 4.69) is 22.3 Å². The fourth-order valence-electron chi connectivity index (χ4n) is 4.02. The van der Waals surface area contributed by atoms with E-state index in [-0.39, 0.29) is 5.56 Å². The molecule has 1 unspecified atom stereocenters. The number of nitrogens with one attached hydrogen (secondary N) is 1. The van der Waals surface area contributed by atoms with Crippen LogP contribution in [0.15, 0.2) is 34.2 Å². The Morgan fingerprint density at radius 1 is 1.35 bits per heavy atom. The summed E-state index contributed by atoms with van der Waals surface area (Å²) in [6.07, 6.45) is 6.71. The van der Waals surface area contributed by atoms with E-state index < -0.39 is 0 Å². The summed E-state index contributed by atoms with van der Waals surface area (Å²) in [5.41, 5.74) is 0.843. The molecule has 138 valence electrons. The Morgan fingerprint density at radius 2 is 2.08 bits per heavy atom. The molecule has 2 bridgehead atoms. The average Bonchev–Trinajstić information content (AvgIpc) is 3.16. The summed E-state index contributed by atoms with van der Waals surface area (Å²) < 4.78 is 1.56. The lowest BCUT2D eigenvalue weighted by Gasteiger charge is -2.35. The van der Waals surface area contributed by atoms with Crippen LogP contribution in [0, 0.1) is 6.92 Å². The number of aliphatic imine (C=N–C) groups is 1. The van der Waals surface area contributed by atoms with Crippen molar-refractivity contribution in [2.75, 3.05) is 11.9 Å². The Kier molecular flexibility index (Phi) is 4.67. The third kappa shape index (κ3) is 3.33. The Morgan fingerprint density at radius 3 is 2.77 bits per heavy atom. The van der Waals surface area contributed by atoms with E-state index in [0.29, 0.717) is 24.0 Å². The summed E-state index contributed by atoms with van der Waals surface area (Å²) in [5.74, 6) is 0.663. The summed E-state index contributed by atoms with van der Waals surface area (Å²) in [6, 6.07) is 6.98. The van der Waals surface area contributed by atoms with Crippen molar-refractivity contribution in [2.24, 2.45) is 4.99 Å². The van der Waals surface area contributed by atoms with Gasteiger partial charge in [-0.15, -0.1) is 0 Å². The van der Waals surface area contributed by atoms with Crippen LogP contribution in [-0.2, 0) is 0 Å². The molecular weight excluding hydrogens is 346 g/mol. The predicted octanol–water partition coefficient (Wildman–Crippen LogP) is 2.93. The Bertz CT molecular complexity index is 874. The lowest BCUT2D eigenvalue weighted by Crippen LogP contribution is -2.47. The van der Waals surface area contributed by atoms with E-state index in [1.165, 1.54) is 25.7 Å². The van der Waals surface area contributed by atoms with Gasteiger partial charge < -0.3 is 10.2 Å². The number of hydrogen-bond acceptors (Lipinski definition) is 6. The number of fused-ring (bicyclic) bond motifs is 2. The van der Waals surface area contributed by atoms with Crippen molar-refractivity contribution < 1.29 is 0 Å². The van der Waals surface area contributed by atoms with Gasteiger partial charge in [0, 0.05) is 37.4 Å². The minimum atomic E-state index is -0.0709. The van der Waals surface area contributed by atoms with Gasteiger partial charge in [-0.3, -0.25) is 9.36 Å². The molecule has 0 saturated carbocycles. The van der Waals surface area contributed by atoms with Crippen LogP contribution in [0.3, 0.4) is 0 Å². The number of piperidine rings is 1. The zero-order valence-corrected chi connectivity index (χ0v) is 16.3. The molecule has 26 heavy (non-hydrogen) atoms. The Hall–Kier alpha value is -1.99. The highest BCUT2D eigenvalue weighted by Crippen LogP contribution is 2.37. The number of pyridine rings is 1. The number of rotatable bonds is 3. The van der Waals surface area contributed by atoms with E-state index in [9.17, 15) is 4.79 Å². The van der Waals surface area contributed by atoms with Crippen LogP contribution in [0.5, 0.6) is 0 Å². The third-order valence-electron chi connectivity index (χ3n) is 5.49. The third-order valence-corrected chi connectivity index (χ3v) is 6.63. The minimum absolute atomic E-state index is 0.0709. The molecular formula is C19H25N5OS.